The molecule has 0 spiro atoms. The number of nitrogens with one attached hydrogen (secondary N) is 1. The molecule has 0 saturated heterocycles. The fourth-order valence-corrected chi connectivity index (χ4v) is 3.66. The number of ether oxygens (including phenoxy) is 1. The highest BCUT2D eigenvalue weighted by molar-refractivity contribution is 7.99. The van der Waals surface area contributed by atoms with Crippen molar-refractivity contribution in [2.45, 2.75) is 19.0 Å². The van der Waals surface area contributed by atoms with Gasteiger partial charge in [0.1, 0.15) is 5.75 Å². The molecule has 9 heteroatoms. The van der Waals surface area contributed by atoms with Crippen molar-refractivity contribution in [2.75, 3.05) is 42.0 Å². The van der Waals surface area contributed by atoms with Crippen LogP contribution in [0.15, 0.2) is 53.7 Å². The number of hydrogen-bond donors (Lipinski definition) is 2. The molecule has 3 N–H and O–H groups in total. The number of nitrogens with zero attached hydrogens (tertiary/aromatic N) is 4. The summed E-state index contributed by atoms with van der Waals surface area (Å²) in [4.78, 5) is 14.6. The van der Waals surface area contributed by atoms with E-state index in [9.17, 15) is 4.79 Å². The van der Waals surface area contributed by atoms with Crippen LogP contribution in [0.2, 0.25) is 0 Å². The van der Waals surface area contributed by atoms with E-state index in [0.29, 0.717) is 16.7 Å². The Bertz CT molecular complexity index is 985. The number of hydrogen-bond acceptors (Lipinski definition) is 7. The number of benzene rings is 2. The predicted octanol–water partition coefficient (Wildman–Crippen LogP) is 3.24. The van der Waals surface area contributed by atoms with Gasteiger partial charge in [0.05, 0.1) is 12.9 Å². The molecule has 0 atom stereocenters. The van der Waals surface area contributed by atoms with E-state index in [1.807, 2.05) is 48.5 Å². The molecule has 0 saturated carbocycles. The fraction of sp³-hybridized carbons (Fsp3) is 0.286. The zero-order valence-electron chi connectivity index (χ0n) is 17.3. The summed E-state index contributed by atoms with van der Waals surface area (Å²) in [5.41, 5.74) is 2.67. The molecule has 3 rings (SSSR count). The molecule has 8 nitrogen and oxygen atoms in total. The monoisotopic (exact) mass is 426 g/mol. The predicted molar refractivity (Wildman–Crippen MR) is 122 cm³/mol. The van der Waals surface area contributed by atoms with E-state index in [0.717, 1.165) is 30.0 Å². The summed E-state index contributed by atoms with van der Waals surface area (Å²) in [6.45, 7) is 6.12. The standard InChI is InChI=1S/C21H26N6O2S/c1-4-26(5-2)17-11-9-16(10-12-17)23-19(28)14-30-21-25-24-20(27(21)22)15-7-6-8-18(13-15)29-3/h6-13H,4-5,14,22H2,1-3H3,(H,23,28). The van der Waals surface area contributed by atoms with Crippen LogP contribution in [0.3, 0.4) is 0 Å². The van der Waals surface area contributed by atoms with E-state index in [4.69, 9.17) is 10.6 Å². The lowest BCUT2D eigenvalue weighted by Gasteiger charge is -2.21. The molecule has 0 aliphatic carbocycles. The minimum atomic E-state index is -0.137. The Morgan fingerprint density at radius 1 is 1.17 bits per heavy atom. The van der Waals surface area contributed by atoms with E-state index in [-0.39, 0.29) is 11.7 Å². The van der Waals surface area contributed by atoms with Gasteiger partial charge < -0.3 is 20.8 Å². The third kappa shape index (κ3) is 5.04. The largest absolute Gasteiger partial charge is 0.497 e. The molecule has 1 aromatic heterocycles. The van der Waals surface area contributed by atoms with Crippen LogP contribution in [0.5, 0.6) is 5.75 Å². The Balaban J connectivity index is 1.59. The molecule has 1 heterocycles. The third-order valence-corrected chi connectivity index (χ3v) is 5.55. The summed E-state index contributed by atoms with van der Waals surface area (Å²) in [5.74, 6) is 7.37. The van der Waals surface area contributed by atoms with Crippen molar-refractivity contribution in [3.8, 4) is 17.1 Å². The Morgan fingerprint density at radius 3 is 2.57 bits per heavy atom. The highest BCUT2D eigenvalue weighted by atomic mass is 32.2. The molecular formula is C21H26N6O2S. The molecule has 0 unspecified atom stereocenters. The van der Waals surface area contributed by atoms with E-state index in [1.54, 1.807) is 7.11 Å². The Morgan fingerprint density at radius 2 is 1.90 bits per heavy atom. The maximum atomic E-state index is 12.3. The van der Waals surface area contributed by atoms with Gasteiger partial charge in [-0.25, -0.2) is 4.68 Å². The van der Waals surface area contributed by atoms with Crippen molar-refractivity contribution in [2.24, 2.45) is 0 Å². The van der Waals surface area contributed by atoms with E-state index in [1.165, 1.54) is 16.4 Å². The second-order valence-electron chi connectivity index (χ2n) is 6.46. The summed E-state index contributed by atoms with van der Waals surface area (Å²) in [6.07, 6.45) is 0. The van der Waals surface area contributed by atoms with E-state index >= 15 is 0 Å². The van der Waals surface area contributed by atoms with Crippen LogP contribution in [0.4, 0.5) is 11.4 Å². The Hall–Kier alpha value is -3.20. The topological polar surface area (TPSA) is 98.3 Å². The van der Waals surface area contributed by atoms with Crippen LogP contribution in [-0.4, -0.2) is 46.7 Å². The lowest BCUT2D eigenvalue weighted by molar-refractivity contribution is -0.113. The molecule has 30 heavy (non-hydrogen) atoms. The molecule has 1 amide bonds. The Kier molecular flexibility index (Phi) is 7.18. The number of nitrogens with two attached hydrogens (primary N) is 1. The van der Waals surface area contributed by atoms with Crippen LogP contribution in [0.1, 0.15) is 13.8 Å². The number of carbonyl (C=O) groups is 1. The van der Waals surface area contributed by atoms with E-state index in [2.05, 4.69) is 34.3 Å². The minimum absolute atomic E-state index is 0.137. The molecule has 0 aliphatic heterocycles. The molecular weight excluding hydrogens is 400 g/mol. The van der Waals surface area contributed by atoms with Crippen molar-refractivity contribution in [3.05, 3.63) is 48.5 Å². The SMILES string of the molecule is CCN(CC)c1ccc(NC(=O)CSc2nnc(-c3cccc(OC)c3)n2N)cc1. The summed E-state index contributed by atoms with van der Waals surface area (Å²) in [7, 11) is 1.60. The molecule has 3 aromatic rings. The van der Waals surface area contributed by atoms with Gasteiger partial charge in [0.25, 0.3) is 0 Å². The van der Waals surface area contributed by atoms with Crippen molar-refractivity contribution in [3.63, 3.8) is 0 Å². The number of aromatic nitrogens is 3. The molecule has 0 bridgehead atoms. The quantitative estimate of drug-likeness (QED) is 0.400. The van der Waals surface area contributed by atoms with Gasteiger partial charge in [0, 0.05) is 30.0 Å². The summed E-state index contributed by atoms with van der Waals surface area (Å²) >= 11 is 1.23. The maximum Gasteiger partial charge on any atom is 0.234 e. The zero-order valence-corrected chi connectivity index (χ0v) is 18.1. The van der Waals surface area contributed by atoms with Crippen LogP contribution in [0, 0.1) is 0 Å². The second-order valence-corrected chi connectivity index (χ2v) is 7.41. The maximum absolute atomic E-state index is 12.3. The number of nitrogen functional groups attached to an aromatic ring is 1. The smallest absolute Gasteiger partial charge is 0.234 e. The first-order valence-electron chi connectivity index (χ1n) is 9.68. The fourth-order valence-electron chi connectivity index (χ4n) is 3.01. The molecule has 2 aromatic carbocycles. The molecule has 0 fully saturated rings. The van der Waals surface area contributed by atoms with Gasteiger partial charge in [-0.05, 0) is 50.2 Å². The highest BCUT2D eigenvalue weighted by Gasteiger charge is 2.14. The van der Waals surface area contributed by atoms with Crippen LogP contribution < -0.4 is 20.8 Å². The average molecular weight is 427 g/mol. The van der Waals surface area contributed by atoms with Crippen molar-refractivity contribution in [1.29, 1.82) is 0 Å². The number of thioether (sulfide) groups is 1. The molecule has 158 valence electrons. The highest BCUT2D eigenvalue weighted by Crippen LogP contribution is 2.25. The van der Waals surface area contributed by atoms with Crippen molar-refractivity contribution in [1.82, 2.24) is 14.9 Å². The number of rotatable bonds is 9. The number of methoxy groups -OCH3 is 1. The Labute approximate surface area is 180 Å². The number of anilines is 2. The lowest BCUT2D eigenvalue weighted by atomic mass is 10.2. The van der Waals surface area contributed by atoms with Crippen molar-refractivity contribution < 1.29 is 9.53 Å². The van der Waals surface area contributed by atoms with Crippen LogP contribution in [-0.2, 0) is 4.79 Å². The van der Waals surface area contributed by atoms with Gasteiger partial charge in [0.2, 0.25) is 11.1 Å². The van der Waals surface area contributed by atoms with Crippen molar-refractivity contribution >= 4 is 29.0 Å². The number of carbonyl (C=O) groups excluding carboxylic acids is 1. The van der Waals surface area contributed by atoms with Crippen LogP contribution >= 0.6 is 11.8 Å². The van der Waals surface area contributed by atoms with E-state index < -0.39 is 0 Å². The number of amides is 1. The van der Waals surface area contributed by atoms with Gasteiger partial charge in [0.15, 0.2) is 5.82 Å². The minimum Gasteiger partial charge on any atom is -0.497 e. The summed E-state index contributed by atoms with van der Waals surface area (Å²) in [6, 6.07) is 15.2. The summed E-state index contributed by atoms with van der Waals surface area (Å²) < 4.78 is 6.61. The first-order valence-corrected chi connectivity index (χ1v) is 10.7. The molecule has 0 aliphatic rings. The van der Waals surface area contributed by atoms with Crippen LogP contribution in [0.25, 0.3) is 11.4 Å². The molecule has 0 radical (unpaired) electrons. The van der Waals surface area contributed by atoms with Gasteiger partial charge in [-0.15, -0.1) is 10.2 Å². The van der Waals surface area contributed by atoms with Gasteiger partial charge >= 0.3 is 0 Å². The average Bonchev–Trinajstić information content (AvgIpc) is 3.14. The normalized spacial score (nSPS) is 10.6. The first-order chi connectivity index (χ1) is 14.5. The zero-order chi connectivity index (χ0) is 21.5. The van der Waals surface area contributed by atoms with Gasteiger partial charge in [-0.3, -0.25) is 4.79 Å². The second kappa shape index (κ2) is 10.0. The third-order valence-electron chi connectivity index (χ3n) is 4.60. The summed E-state index contributed by atoms with van der Waals surface area (Å²) in [5, 5.41) is 11.6. The van der Waals surface area contributed by atoms with Gasteiger partial charge in [-0.1, -0.05) is 23.9 Å². The first kappa shape index (κ1) is 21.5. The van der Waals surface area contributed by atoms with Gasteiger partial charge in [-0.2, -0.15) is 0 Å². The lowest BCUT2D eigenvalue weighted by Crippen LogP contribution is -2.21.